The number of hydrogen-bond donors (Lipinski definition) is 1. The second-order valence-electron chi connectivity index (χ2n) is 6.43. The zero-order chi connectivity index (χ0) is 20.1. The molecule has 4 rings (SSSR count). The molecule has 0 saturated heterocycles. The van der Waals surface area contributed by atoms with E-state index in [2.05, 4.69) is 20.3 Å². The van der Waals surface area contributed by atoms with Crippen molar-refractivity contribution in [2.75, 3.05) is 26.1 Å². The molecule has 1 aliphatic rings. The highest BCUT2D eigenvalue weighted by atomic mass is 32.1. The van der Waals surface area contributed by atoms with Gasteiger partial charge in [0.15, 0.2) is 23.4 Å². The van der Waals surface area contributed by atoms with Crippen LogP contribution in [0.15, 0.2) is 48.2 Å². The van der Waals surface area contributed by atoms with Crippen LogP contribution in [0.3, 0.4) is 0 Å². The summed E-state index contributed by atoms with van der Waals surface area (Å²) in [5.41, 5.74) is 1.95. The summed E-state index contributed by atoms with van der Waals surface area (Å²) >= 11 is 1.55. The summed E-state index contributed by atoms with van der Waals surface area (Å²) in [6, 6.07) is 7.87. The van der Waals surface area contributed by atoms with Crippen LogP contribution in [0.1, 0.15) is 23.9 Å². The molecule has 0 bridgehead atoms. The normalized spacial score (nSPS) is 15.2. The van der Waals surface area contributed by atoms with E-state index < -0.39 is 0 Å². The van der Waals surface area contributed by atoms with Gasteiger partial charge in [-0.15, -0.1) is 11.3 Å². The van der Waals surface area contributed by atoms with Gasteiger partial charge in [0.25, 0.3) is 0 Å². The van der Waals surface area contributed by atoms with Gasteiger partial charge < -0.3 is 19.5 Å². The van der Waals surface area contributed by atoms with Gasteiger partial charge in [0.1, 0.15) is 16.5 Å². The van der Waals surface area contributed by atoms with Crippen molar-refractivity contribution in [1.29, 1.82) is 0 Å². The van der Waals surface area contributed by atoms with Crippen LogP contribution in [0.25, 0.3) is 10.7 Å². The molecule has 7 nitrogen and oxygen atoms in total. The maximum absolute atomic E-state index is 5.61. The Morgan fingerprint density at radius 2 is 2.07 bits per heavy atom. The monoisotopic (exact) mass is 410 g/mol. The third-order valence-corrected chi connectivity index (χ3v) is 5.34. The smallest absolute Gasteiger partial charge is 0.172 e. The molecule has 0 aliphatic carbocycles. The van der Waals surface area contributed by atoms with Gasteiger partial charge in [-0.3, -0.25) is 0 Å². The number of thiazole rings is 1. The van der Waals surface area contributed by atoms with Crippen LogP contribution >= 0.6 is 11.3 Å². The van der Waals surface area contributed by atoms with Crippen LogP contribution in [-0.2, 0) is 11.2 Å². The minimum Gasteiger partial charge on any atom is -0.493 e. The Balaban J connectivity index is 1.49. The molecule has 3 heterocycles. The second kappa shape index (κ2) is 8.91. The summed E-state index contributed by atoms with van der Waals surface area (Å²) in [6.45, 7) is 0.715. The maximum atomic E-state index is 5.61. The van der Waals surface area contributed by atoms with Crippen molar-refractivity contribution in [1.82, 2.24) is 15.0 Å². The second-order valence-corrected chi connectivity index (χ2v) is 7.33. The van der Waals surface area contributed by atoms with E-state index in [1.807, 2.05) is 35.7 Å². The Kier molecular flexibility index (Phi) is 5.90. The Bertz CT molecular complexity index is 984. The first-order valence-electron chi connectivity index (χ1n) is 9.31. The van der Waals surface area contributed by atoms with Gasteiger partial charge in [-0.05, 0) is 30.2 Å². The molecular formula is C21H22N4O3S. The quantitative estimate of drug-likeness (QED) is 0.595. The molecular weight excluding hydrogens is 388 g/mol. The topological polar surface area (TPSA) is 78.4 Å². The third kappa shape index (κ3) is 4.48. The number of benzene rings is 1. The number of hydrogen-bond acceptors (Lipinski definition) is 8. The van der Waals surface area contributed by atoms with Gasteiger partial charge in [-0.25, -0.2) is 15.0 Å². The van der Waals surface area contributed by atoms with Crippen molar-refractivity contribution < 1.29 is 14.2 Å². The van der Waals surface area contributed by atoms with Crippen molar-refractivity contribution in [2.45, 2.75) is 18.9 Å². The van der Waals surface area contributed by atoms with Crippen LogP contribution < -0.4 is 14.8 Å². The minimum atomic E-state index is -0.152. The summed E-state index contributed by atoms with van der Waals surface area (Å²) in [4.78, 5) is 13.7. The Morgan fingerprint density at radius 3 is 2.79 bits per heavy atom. The Labute approximate surface area is 173 Å². The molecule has 0 saturated carbocycles. The van der Waals surface area contributed by atoms with E-state index in [4.69, 9.17) is 14.2 Å². The molecule has 0 amide bonds. The molecule has 0 fully saturated rings. The Morgan fingerprint density at radius 1 is 1.17 bits per heavy atom. The van der Waals surface area contributed by atoms with Gasteiger partial charge in [0, 0.05) is 30.6 Å². The number of nitrogens with one attached hydrogen (secondary N) is 1. The van der Waals surface area contributed by atoms with Gasteiger partial charge in [0.2, 0.25) is 0 Å². The largest absolute Gasteiger partial charge is 0.493 e. The predicted octanol–water partition coefficient (Wildman–Crippen LogP) is 4.25. The van der Waals surface area contributed by atoms with Gasteiger partial charge >= 0.3 is 0 Å². The van der Waals surface area contributed by atoms with Crippen LogP contribution in [0, 0.1) is 0 Å². The van der Waals surface area contributed by atoms with E-state index >= 15 is 0 Å². The fourth-order valence-corrected chi connectivity index (χ4v) is 3.68. The molecule has 1 N–H and O–H groups in total. The SMILES string of the molecule is COc1ccc(CCNc2cc(-c3nccs3)nc(C3CC=CO3)n2)cc1OC. The van der Waals surface area contributed by atoms with E-state index in [0.29, 0.717) is 12.4 Å². The molecule has 8 heteroatoms. The van der Waals surface area contributed by atoms with Gasteiger partial charge in [-0.2, -0.15) is 0 Å². The highest BCUT2D eigenvalue weighted by molar-refractivity contribution is 7.13. The molecule has 2 aromatic heterocycles. The molecule has 0 radical (unpaired) electrons. The van der Waals surface area contributed by atoms with Crippen molar-refractivity contribution in [2.24, 2.45) is 0 Å². The molecule has 150 valence electrons. The van der Waals surface area contributed by atoms with E-state index in [1.54, 1.807) is 38.0 Å². The fraction of sp³-hybridized carbons (Fsp3) is 0.286. The first-order valence-corrected chi connectivity index (χ1v) is 10.2. The zero-order valence-electron chi connectivity index (χ0n) is 16.3. The highest BCUT2D eigenvalue weighted by Crippen LogP contribution is 2.29. The number of methoxy groups -OCH3 is 2. The number of rotatable bonds is 8. The van der Waals surface area contributed by atoms with Gasteiger partial charge in [-0.1, -0.05) is 6.07 Å². The summed E-state index contributed by atoms with van der Waals surface area (Å²) in [5, 5.41) is 6.21. The summed E-state index contributed by atoms with van der Waals surface area (Å²) in [6.07, 6.45) is 6.89. The van der Waals surface area contributed by atoms with E-state index in [-0.39, 0.29) is 6.10 Å². The number of ether oxygens (including phenoxy) is 3. The van der Waals surface area contributed by atoms with Crippen LogP contribution in [0.5, 0.6) is 11.5 Å². The van der Waals surface area contributed by atoms with E-state index in [1.165, 1.54) is 0 Å². The number of nitrogens with zero attached hydrogens (tertiary/aromatic N) is 3. The molecule has 1 aromatic carbocycles. The maximum Gasteiger partial charge on any atom is 0.172 e. The predicted molar refractivity (Wildman–Crippen MR) is 112 cm³/mol. The van der Waals surface area contributed by atoms with Crippen molar-refractivity contribution in [3.05, 3.63) is 59.6 Å². The van der Waals surface area contributed by atoms with Crippen molar-refractivity contribution >= 4 is 17.2 Å². The molecule has 29 heavy (non-hydrogen) atoms. The van der Waals surface area contributed by atoms with Crippen LogP contribution in [-0.4, -0.2) is 35.7 Å². The lowest BCUT2D eigenvalue weighted by Crippen LogP contribution is -2.11. The minimum absolute atomic E-state index is 0.152. The first-order chi connectivity index (χ1) is 14.3. The molecule has 1 atom stereocenters. The first kappa shape index (κ1) is 19.2. The summed E-state index contributed by atoms with van der Waals surface area (Å²) < 4.78 is 16.3. The zero-order valence-corrected chi connectivity index (χ0v) is 17.1. The van der Waals surface area contributed by atoms with Crippen molar-refractivity contribution in [3.63, 3.8) is 0 Å². The average Bonchev–Trinajstić information content (AvgIpc) is 3.47. The summed E-state index contributed by atoms with van der Waals surface area (Å²) in [5.74, 6) is 2.88. The lowest BCUT2D eigenvalue weighted by molar-refractivity contribution is 0.164. The van der Waals surface area contributed by atoms with E-state index in [9.17, 15) is 0 Å². The molecule has 1 aliphatic heterocycles. The van der Waals surface area contributed by atoms with Crippen LogP contribution in [0.2, 0.25) is 0 Å². The molecule has 0 spiro atoms. The number of anilines is 1. The highest BCUT2D eigenvalue weighted by Gasteiger charge is 2.20. The summed E-state index contributed by atoms with van der Waals surface area (Å²) in [7, 11) is 3.28. The van der Waals surface area contributed by atoms with Crippen LogP contribution in [0.4, 0.5) is 5.82 Å². The van der Waals surface area contributed by atoms with Gasteiger partial charge in [0.05, 0.1) is 20.5 Å². The Hall–Kier alpha value is -3.13. The fourth-order valence-electron chi connectivity index (χ4n) is 3.08. The molecule has 1 unspecified atom stereocenters. The number of aromatic nitrogens is 3. The average molecular weight is 410 g/mol. The van der Waals surface area contributed by atoms with E-state index in [0.717, 1.165) is 46.4 Å². The lowest BCUT2D eigenvalue weighted by Gasteiger charge is -2.13. The van der Waals surface area contributed by atoms with Crippen molar-refractivity contribution in [3.8, 4) is 22.2 Å². The third-order valence-electron chi connectivity index (χ3n) is 4.54. The molecule has 3 aromatic rings. The lowest BCUT2D eigenvalue weighted by atomic mass is 10.1. The standard InChI is InChI=1S/C21H22N4O3S/c1-26-16-6-5-14(12-18(16)27-2)7-8-22-19-13-15(21-23-9-11-29-21)24-20(25-19)17-4-3-10-28-17/h3,5-6,9-13,17H,4,7-8H2,1-2H3,(H,22,24,25).